The van der Waals surface area contributed by atoms with Crippen molar-refractivity contribution < 1.29 is 23.9 Å². The van der Waals surface area contributed by atoms with E-state index in [1.807, 2.05) is 6.92 Å². The van der Waals surface area contributed by atoms with Crippen LogP contribution in [-0.2, 0) is 19.1 Å². The van der Waals surface area contributed by atoms with Crippen LogP contribution in [0.3, 0.4) is 0 Å². The minimum absolute atomic E-state index is 0.149. The summed E-state index contributed by atoms with van der Waals surface area (Å²) in [4.78, 5) is 48.9. The van der Waals surface area contributed by atoms with E-state index in [4.69, 9.17) is 4.74 Å². The van der Waals surface area contributed by atoms with Gasteiger partial charge in [0.25, 0.3) is 11.8 Å². The number of rotatable bonds is 8. The Morgan fingerprint density at radius 1 is 1.32 bits per heavy atom. The summed E-state index contributed by atoms with van der Waals surface area (Å²) in [7, 11) is 0. The van der Waals surface area contributed by atoms with Gasteiger partial charge in [-0.3, -0.25) is 19.3 Å². The summed E-state index contributed by atoms with van der Waals surface area (Å²) in [5.74, 6) is -1.56. The average molecular weight is 353 g/mol. The smallest absolute Gasteiger partial charge is 0.326 e. The molecule has 8 nitrogen and oxygen atoms in total. The predicted octanol–water partition coefficient (Wildman–Crippen LogP) is 1.09. The first-order chi connectivity index (χ1) is 11.9. The molecule has 140 valence electrons. The van der Waals surface area contributed by atoms with Gasteiger partial charge in [0.2, 0.25) is 0 Å². The first kappa shape index (κ1) is 19.2. The molecule has 0 aromatic rings. The molecule has 1 saturated carbocycles. The summed E-state index contributed by atoms with van der Waals surface area (Å²) in [6.45, 7) is 2.77. The van der Waals surface area contributed by atoms with Crippen molar-refractivity contribution >= 4 is 23.8 Å². The van der Waals surface area contributed by atoms with E-state index in [0.717, 1.165) is 43.4 Å². The normalized spacial score (nSPS) is 23.7. The fourth-order valence-corrected chi connectivity index (χ4v) is 3.25. The number of unbranched alkanes of at least 4 members (excludes halogenated alkanes) is 1. The summed E-state index contributed by atoms with van der Waals surface area (Å²) < 4.78 is 4.90. The number of amides is 4. The van der Waals surface area contributed by atoms with Crippen LogP contribution in [0.2, 0.25) is 0 Å². The van der Waals surface area contributed by atoms with Crippen molar-refractivity contribution in [3.8, 4) is 0 Å². The largest absolute Gasteiger partial charge is 0.454 e. The molecule has 2 fully saturated rings. The van der Waals surface area contributed by atoms with Gasteiger partial charge in [0.1, 0.15) is 12.1 Å². The van der Waals surface area contributed by atoms with Crippen LogP contribution in [0, 0.1) is 0 Å². The molecular formula is C17H27N3O5. The summed E-state index contributed by atoms with van der Waals surface area (Å²) in [5, 5.41) is 5.44. The lowest BCUT2D eigenvalue weighted by Gasteiger charge is -2.21. The third-order valence-corrected chi connectivity index (χ3v) is 4.75. The van der Waals surface area contributed by atoms with E-state index in [9.17, 15) is 19.2 Å². The summed E-state index contributed by atoms with van der Waals surface area (Å²) in [6.07, 6.45) is 6.28. The highest BCUT2D eigenvalue weighted by Crippen LogP contribution is 2.23. The fourth-order valence-electron chi connectivity index (χ4n) is 3.25. The van der Waals surface area contributed by atoms with Gasteiger partial charge < -0.3 is 15.4 Å². The van der Waals surface area contributed by atoms with Crippen LogP contribution < -0.4 is 10.6 Å². The molecule has 8 heteroatoms. The standard InChI is InChI=1S/C17H27N3O5/c1-3-4-9-17(2)15(23)20(16(24)19-17)10-14(22)25-11-13(21)18-12-7-5-6-8-12/h12H,3-11H2,1-2H3,(H,18,21)(H,19,24)/t17-/m0/s1. The third kappa shape index (κ3) is 4.93. The second kappa shape index (κ2) is 8.31. The van der Waals surface area contributed by atoms with Crippen LogP contribution in [0.15, 0.2) is 0 Å². The van der Waals surface area contributed by atoms with Crippen LogP contribution in [0.25, 0.3) is 0 Å². The lowest BCUT2D eigenvalue weighted by atomic mass is 9.95. The maximum Gasteiger partial charge on any atom is 0.326 e. The second-order valence-electron chi connectivity index (χ2n) is 6.97. The van der Waals surface area contributed by atoms with Crippen LogP contribution in [0.4, 0.5) is 4.79 Å². The summed E-state index contributed by atoms with van der Waals surface area (Å²) in [6, 6.07) is -0.452. The minimum atomic E-state index is -0.979. The Labute approximate surface area is 147 Å². The van der Waals surface area contributed by atoms with E-state index in [0.29, 0.717) is 6.42 Å². The molecule has 2 N–H and O–H groups in total. The average Bonchev–Trinajstić information content (AvgIpc) is 3.14. The molecule has 1 aliphatic carbocycles. The van der Waals surface area contributed by atoms with Crippen molar-refractivity contribution in [3.63, 3.8) is 0 Å². The first-order valence-electron chi connectivity index (χ1n) is 8.95. The van der Waals surface area contributed by atoms with E-state index in [-0.39, 0.29) is 11.9 Å². The Morgan fingerprint density at radius 2 is 2.00 bits per heavy atom. The molecule has 2 rings (SSSR count). The number of carbonyl (C=O) groups excluding carboxylic acids is 4. The number of urea groups is 1. The highest BCUT2D eigenvalue weighted by atomic mass is 16.5. The van der Waals surface area contributed by atoms with Crippen molar-refractivity contribution in [2.75, 3.05) is 13.2 Å². The predicted molar refractivity (Wildman–Crippen MR) is 89.5 cm³/mol. The van der Waals surface area contributed by atoms with Crippen LogP contribution >= 0.6 is 0 Å². The Kier molecular flexibility index (Phi) is 6.39. The number of nitrogens with one attached hydrogen (secondary N) is 2. The monoisotopic (exact) mass is 353 g/mol. The zero-order chi connectivity index (χ0) is 18.4. The van der Waals surface area contributed by atoms with Crippen molar-refractivity contribution in [1.82, 2.24) is 15.5 Å². The zero-order valence-electron chi connectivity index (χ0n) is 14.9. The number of nitrogens with zero attached hydrogens (tertiary/aromatic N) is 1. The Morgan fingerprint density at radius 3 is 2.64 bits per heavy atom. The van der Waals surface area contributed by atoms with Crippen molar-refractivity contribution in [1.29, 1.82) is 0 Å². The highest BCUT2D eigenvalue weighted by Gasteiger charge is 2.47. The number of ether oxygens (including phenoxy) is 1. The number of carbonyl (C=O) groups is 4. The third-order valence-electron chi connectivity index (χ3n) is 4.75. The maximum absolute atomic E-state index is 12.4. The van der Waals surface area contributed by atoms with E-state index in [2.05, 4.69) is 10.6 Å². The molecule has 2 aliphatic rings. The van der Waals surface area contributed by atoms with Gasteiger partial charge in [0.15, 0.2) is 6.61 Å². The van der Waals surface area contributed by atoms with Gasteiger partial charge in [-0.15, -0.1) is 0 Å². The molecule has 0 aromatic heterocycles. The van der Waals surface area contributed by atoms with E-state index < -0.39 is 36.6 Å². The summed E-state index contributed by atoms with van der Waals surface area (Å²) in [5.41, 5.74) is -0.979. The zero-order valence-corrected chi connectivity index (χ0v) is 14.9. The van der Waals surface area contributed by atoms with E-state index in [1.54, 1.807) is 6.92 Å². The minimum Gasteiger partial charge on any atom is -0.454 e. The van der Waals surface area contributed by atoms with Crippen molar-refractivity contribution in [2.24, 2.45) is 0 Å². The molecule has 4 amide bonds. The molecule has 0 aromatic carbocycles. The SMILES string of the molecule is CCCC[C@]1(C)NC(=O)N(CC(=O)OCC(=O)NC2CCCC2)C1=O. The molecule has 1 saturated heterocycles. The molecule has 0 spiro atoms. The Bertz CT molecular complexity index is 544. The fraction of sp³-hybridized carbons (Fsp3) is 0.765. The second-order valence-corrected chi connectivity index (χ2v) is 6.97. The van der Waals surface area contributed by atoms with Gasteiger partial charge in [-0.25, -0.2) is 4.79 Å². The molecule has 25 heavy (non-hydrogen) atoms. The summed E-state index contributed by atoms with van der Waals surface area (Å²) >= 11 is 0. The maximum atomic E-state index is 12.4. The molecular weight excluding hydrogens is 326 g/mol. The van der Waals surface area contributed by atoms with E-state index >= 15 is 0 Å². The molecule has 1 atom stereocenters. The van der Waals surface area contributed by atoms with Gasteiger partial charge >= 0.3 is 12.0 Å². The van der Waals surface area contributed by atoms with Crippen molar-refractivity contribution in [3.05, 3.63) is 0 Å². The lowest BCUT2D eigenvalue weighted by Crippen LogP contribution is -2.44. The van der Waals surface area contributed by atoms with E-state index in [1.165, 1.54) is 0 Å². The quantitative estimate of drug-likeness (QED) is 0.502. The molecule has 1 aliphatic heterocycles. The lowest BCUT2D eigenvalue weighted by molar-refractivity contribution is -0.151. The van der Waals surface area contributed by atoms with Gasteiger partial charge in [-0.05, 0) is 26.2 Å². The molecule has 0 bridgehead atoms. The Balaban J connectivity index is 1.78. The molecule has 1 heterocycles. The topological polar surface area (TPSA) is 105 Å². The van der Waals surface area contributed by atoms with Gasteiger partial charge in [0.05, 0.1) is 0 Å². The number of hydrogen-bond donors (Lipinski definition) is 2. The number of imide groups is 1. The van der Waals surface area contributed by atoms with Crippen LogP contribution in [-0.4, -0.2) is 53.4 Å². The molecule has 0 unspecified atom stereocenters. The van der Waals surface area contributed by atoms with Crippen LogP contribution in [0.5, 0.6) is 0 Å². The van der Waals surface area contributed by atoms with Gasteiger partial charge in [-0.1, -0.05) is 32.6 Å². The van der Waals surface area contributed by atoms with Gasteiger partial charge in [-0.2, -0.15) is 0 Å². The number of esters is 1. The van der Waals surface area contributed by atoms with Crippen molar-refractivity contribution in [2.45, 2.75) is 70.4 Å². The van der Waals surface area contributed by atoms with Gasteiger partial charge in [0, 0.05) is 6.04 Å². The van der Waals surface area contributed by atoms with Crippen LogP contribution in [0.1, 0.15) is 58.8 Å². The Hall–Kier alpha value is -2.12. The highest BCUT2D eigenvalue weighted by molar-refractivity contribution is 6.08. The first-order valence-corrected chi connectivity index (χ1v) is 8.95. The number of hydrogen-bond acceptors (Lipinski definition) is 5. The molecule has 0 radical (unpaired) electrons.